The zero-order valence-corrected chi connectivity index (χ0v) is 12.1. The van der Waals surface area contributed by atoms with Gasteiger partial charge in [0.05, 0.1) is 7.11 Å². The summed E-state index contributed by atoms with van der Waals surface area (Å²) in [5.41, 5.74) is 1.91. The minimum absolute atomic E-state index is 0.00808. The zero-order valence-electron chi connectivity index (χ0n) is 12.1. The van der Waals surface area contributed by atoms with Gasteiger partial charge in [-0.05, 0) is 18.2 Å². The molecule has 0 radical (unpaired) electrons. The number of rotatable bonds is 7. The number of amides is 1. The molecule has 0 unspecified atom stereocenters. The van der Waals surface area contributed by atoms with Crippen LogP contribution in [0.3, 0.4) is 0 Å². The van der Waals surface area contributed by atoms with E-state index in [4.69, 9.17) is 4.74 Å². The van der Waals surface area contributed by atoms with Crippen LogP contribution in [0.2, 0.25) is 0 Å². The van der Waals surface area contributed by atoms with E-state index in [9.17, 15) is 4.79 Å². The third kappa shape index (κ3) is 4.93. The minimum Gasteiger partial charge on any atom is -0.496 e. The lowest BCUT2D eigenvalue weighted by molar-refractivity contribution is -0.116. The lowest BCUT2D eigenvalue weighted by Gasteiger charge is -2.09. The van der Waals surface area contributed by atoms with Crippen molar-refractivity contribution < 1.29 is 9.53 Å². The number of nitrogens with one attached hydrogen (secondary N) is 2. The van der Waals surface area contributed by atoms with Crippen LogP contribution in [-0.2, 0) is 11.3 Å². The van der Waals surface area contributed by atoms with E-state index in [1.165, 1.54) is 0 Å². The molecule has 2 rings (SSSR count). The van der Waals surface area contributed by atoms with E-state index in [1.807, 2.05) is 54.6 Å². The Balaban J connectivity index is 1.71. The molecular formula is C17H20N2O2. The van der Waals surface area contributed by atoms with Crippen molar-refractivity contribution in [2.24, 2.45) is 0 Å². The Kier molecular flexibility index (Phi) is 5.79. The second-order valence-corrected chi connectivity index (χ2v) is 4.65. The van der Waals surface area contributed by atoms with E-state index in [-0.39, 0.29) is 5.91 Å². The highest BCUT2D eigenvalue weighted by molar-refractivity contribution is 5.90. The van der Waals surface area contributed by atoms with Crippen molar-refractivity contribution in [3.8, 4) is 5.75 Å². The quantitative estimate of drug-likeness (QED) is 0.769. The molecule has 0 atom stereocenters. The molecule has 2 aromatic carbocycles. The Hall–Kier alpha value is -2.33. The van der Waals surface area contributed by atoms with Crippen molar-refractivity contribution in [2.45, 2.75) is 13.0 Å². The molecule has 110 valence electrons. The fourth-order valence-corrected chi connectivity index (χ4v) is 2.02. The number of hydrogen-bond acceptors (Lipinski definition) is 3. The van der Waals surface area contributed by atoms with Crippen LogP contribution in [0.5, 0.6) is 5.75 Å². The standard InChI is InChI=1S/C17H20N2O2/c1-21-16-10-6-5-7-14(16)13-18-12-11-17(20)19-15-8-3-2-4-9-15/h2-10,18H,11-13H2,1H3,(H,19,20). The molecule has 0 spiro atoms. The summed E-state index contributed by atoms with van der Waals surface area (Å²) in [6, 6.07) is 17.3. The van der Waals surface area contributed by atoms with Gasteiger partial charge in [0.25, 0.3) is 0 Å². The summed E-state index contributed by atoms with van der Waals surface area (Å²) in [4.78, 5) is 11.8. The molecule has 0 bridgehead atoms. The van der Waals surface area contributed by atoms with Gasteiger partial charge in [-0.15, -0.1) is 0 Å². The van der Waals surface area contributed by atoms with E-state index < -0.39 is 0 Å². The molecule has 4 nitrogen and oxygen atoms in total. The van der Waals surface area contributed by atoms with Gasteiger partial charge in [0, 0.05) is 30.8 Å². The first-order valence-electron chi connectivity index (χ1n) is 6.97. The first-order valence-corrected chi connectivity index (χ1v) is 6.97. The summed E-state index contributed by atoms with van der Waals surface area (Å²) >= 11 is 0. The predicted molar refractivity (Wildman–Crippen MR) is 84.4 cm³/mol. The summed E-state index contributed by atoms with van der Waals surface area (Å²) in [5, 5.41) is 6.11. The molecule has 0 aliphatic carbocycles. The van der Waals surface area contributed by atoms with Crippen LogP contribution in [0.4, 0.5) is 5.69 Å². The smallest absolute Gasteiger partial charge is 0.225 e. The maximum absolute atomic E-state index is 11.8. The summed E-state index contributed by atoms with van der Waals surface area (Å²) in [6.45, 7) is 1.30. The molecule has 1 amide bonds. The molecule has 0 saturated heterocycles. The molecule has 2 N–H and O–H groups in total. The molecular weight excluding hydrogens is 264 g/mol. The van der Waals surface area contributed by atoms with Gasteiger partial charge in [-0.2, -0.15) is 0 Å². The first kappa shape index (κ1) is 15.1. The number of para-hydroxylation sites is 2. The van der Waals surface area contributed by atoms with Crippen LogP contribution in [0.15, 0.2) is 54.6 Å². The van der Waals surface area contributed by atoms with Gasteiger partial charge in [-0.1, -0.05) is 36.4 Å². The predicted octanol–water partition coefficient (Wildman–Crippen LogP) is 2.81. The Morgan fingerprint density at radius 1 is 1.05 bits per heavy atom. The fraction of sp³-hybridized carbons (Fsp3) is 0.235. The van der Waals surface area contributed by atoms with E-state index in [0.717, 1.165) is 17.0 Å². The zero-order chi connectivity index (χ0) is 14.9. The maximum Gasteiger partial charge on any atom is 0.225 e. The van der Waals surface area contributed by atoms with E-state index in [2.05, 4.69) is 10.6 Å². The lowest BCUT2D eigenvalue weighted by Crippen LogP contribution is -2.21. The minimum atomic E-state index is 0.00808. The molecule has 4 heteroatoms. The van der Waals surface area contributed by atoms with Crippen molar-refractivity contribution in [1.29, 1.82) is 0 Å². The normalized spacial score (nSPS) is 10.1. The van der Waals surface area contributed by atoms with Crippen LogP contribution in [0.25, 0.3) is 0 Å². The summed E-state index contributed by atoms with van der Waals surface area (Å²) in [7, 11) is 1.66. The molecule has 0 aliphatic heterocycles. The van der Waals surface area contributed by atoms with Crippen LogP contribution in [0, 0.1) is 0 Å². The summed E-state index contributed by atoms with van der Waals surface area (Å²) in [5.74, 6) is 0.868. The third-order valence-corrected chi connectivity index (χ3v) is 3.09. The van der Waals surface area contributed by atoms with Crippen molar-refractivity contribution in [3.63, 3.8) is 0 Å². The van der Waals surface area contributed by atoms with Gasteiger partial charge in [0.2, 0.25) is 5.91 Å². The monoisotopic (exact) mass is 284 g/mol. The average molecular weight is 284 g/mol. The topological polar surface area (TPSA) is 50.4 Å². The Bertz CT molecular complexity index is 570. The van der Waals surface area contributed by atoms with Crippen molar-refractivity contribution in [2.75, 3.05) is 19.0 Å². The van der Waals surface area contributed by atoms with Crippen LogP contribution < -0.4 is 15.4 Å². The number of methoxy groups -OCH3 is 1. The molecule has 0 heterocycles. The highest BCUT2D eigenvalue weighted by Crippen LogP contribution is 2.16. The van der Waals surface area contributed by atoms with Gasteiger partial charge < -0.3 is 15.4 Å². The first-order chi connectivity index (χ1) is 10.3. The van der Waals surface area contributed by atoms with E-state index >= 15 is 0 Å². The van der Waals surface area contributed by atoms with Crippen LogP contribution in [-0.4, -0.2) is 19.6 Å². The number of hydrogen-bond donors (Lipinski definition) is 2. The van der Waals surface area contributed by atoms with Gasteiger partial charge in [0.1, 0.15) is 5.75 Å². The molecule has 2 aromatic rings. The van der Waals surface area contributed by atoms with Gasteiger partial charge in [-0.3, -0.25) is 4.79 Å². The van der Waals surface area contributed by atoms with Crippen molar-refractivity contribution in [1.82, 2.24) is 5.32 Å². The van der Waals surface area contributed by atoms with E-state index in [1.54, 1.807) is 7.11 Å². The van der Waals surface area contributed by atoms with Gasteiger partial charge >= 0.3 is 0 Å². The average Bonchev–Trinajstić information content (AvgIpc) is 2.53. The number of benzene rings is 2. The Labute approximate surface area is 125 Å². The number of carbonyl (C=O) groups is 1. The van der Waals surface area contributed by atoms with Crippen LogP contribution in [0.1, 0.15) is 12.0 Å². The Morgan fingerprint density at radius 2 is 1.76 bits per heavy atom. The molecule has 0 fully saturated rings. The molecule has 0 saturated carbocycles. The second kappa shape index (κ2) is 8.07. The fourth-order valence-electron chi connectivity index (χ4n) is 2.02. The SMILES string of the molecule is COc1ccccc1CNCCC(=O)Nc1ccccc1. The largest absolute Gasteiger partial charge is 0.496 e. The maximum atomic E-state index is 11.8. The highest BCUT2D eigenvalue weighted by atomic mass is 16.5. The number of carbonyl (C=O) groups excluding carboxylic acids is 1. The van der Waals surface area contributed by atoms with Gasteiger partial charge in [0.15, 0.2) is 0 Å². The second-order valence-electron chi connectivity index (χ2n) is 4.65. The Morgan fingerprint density at radius 3 is 2.52 bits per heavy atom. The summed E-state index contributed by atoms with van der Waals surface area (Å²) in [6.07, 6.45) is 0.435. The molecule has 0 aliphatic rings. The molecule has 21 heavy (non-hydrogen) atoms. The third-order valence-electron chi connectivity index (χ3n) is 3.09. The number of anilines is 1. The van der Waals surface area contributed by atoms with Crippen molar-refractivity contribution >= 4 is 11.6 Å². The van der Waals surface area contributed by atoms with Gasteiger partial charge in [-0.25, -0.2) is 0 Å². The van der Waals surface area contributed by atoms with E-state index in [0.29, 0.717) is 19.5 Å². The lowest BCUT2D eigenvalue weighted by atomic mass is 10.2. The number of ether oxygens (including phenoxy) is 1. The van der Waals surface area contributed by atoms with Crippen LogP contribution >= 0.6 is 0 Å². The van der Waals surface area contributed by atoms with Crippen molar-refractivity contribution in [3.05, 3.63) is 60.2 Å². The highest BCUT2D eigenvalue weighted by Gasteiger charge is 2.03. The summed E-state index contributed by atoms with van der Waals surface area (Å²) < 4.78 is 5.28. The molecule has 0 aromatic heterocycles.